The Morgan fingerprint density at radius 3 is 2.38 bits per heavy atom. The summed E-state index contributed by atoms with van der Waals surface area (Å²) in [6, 6.07) is 19.5. The zero-order valence-corrected chi connectivity index (χ0v) is 23.8. The van der Waals surface area contributed by atoms with E-state index in [2.05, 4.69) is 0 Å². The Kier molecular flexibility index (Phi) is 10.6. The lowest BCUT2D eigenvalue weighted by molar-refractivity contribution is -0.142. The highest BCUT2D eigenvalue weighted by Gasteiger charge is 2.26. The van der Waals surface area contributed by atoms with E-state index in [9.17, 15) is 9.59 Å². The molecule has 1 atom stereocenters. The molecule has 8 nitrogen and oxygen atoms in total. The Morgan fingerprint density at radius 2 is 1.70 bits per heavy atom. The molecule has 1 aliphatic heterocycles. The van der Waals surface area contributed by atoms with Crippen molar-refractivity contribution < 1.29 is 28.2 Å². The van der Waals surface area contributed by atoms with Crippen molar-refractivity contribution in [2.45, 2.75) is 51.7 Å². The molecule has 0 bridgehead atoms. The summed E-state index contributed by atoms with van der Waals surface area (Å²) in [6.07, 6.45) is 3.41. The highest BCUT2D eigenvalue weighted by atomic mass is 16.5. The van der Waals surface area contributed by atoms with Gasteiger partial charge in [0, 0.05) is 26.1 Å². The van der Waals surface area contributed by atoms with Crippen molar-refractivity contribution in [3.8, 4) is 11.5 Å². The summed E-state index contributed by atoms with van der Waals surface area (Å²) in [5.74, 6) is 2.63. The number of methoxy groups -OCH3 is 2. The second-order valence-electron chi connectivity index (χ2n) is 10.2. The van der Waals surface area contributed by atoms with Crippen molar-refractivity contribution in [1.29, 1.82) is 0 Å². The molecule has 0 radical (unpaired) electrons. The number of carbonyl (C=O) groups is 2. The summed E-state index contributed by atoms with van der Waals surface area (Å²) in [5.41, 5.74) is 2.12. The zero-order valence-electron chi connectivity index (χ0n) is 23.8. The Balaban J connectivity index is 1.47. The van der Waals surface area contributed by atoms with Gasteiger partial charge in [0.25, 0.3) is 0 Å². The summed E-state index contributed by atoms with van der Waals surface area (Å²) in [6.45, 7) is 3.78. The molecule has 2 amide bonds. The van der Waals surface area contributed by atoms with Crippen LogP contribution in [0.3, 0.4) is 0 Å². The number of benzene rings is 2. The number of furan rings is 1. The monoisotopic (exact) mass is 548 g/mol. The van der Waals surface area contributed by atoms with Gasteiger partial charge in [-0.25, -0.2) is 0 Å². The average Bonchev–Trinajstić information content (AvgIpc) is 3.65. The van der Waals surface area contributed by atoms with E-state index in [1.165, 1.54) is 0 Å². The molecule has 1 aliphatic rings. The fourth-order valence-corrected chi connectivity index (χ4v) is 4.96. The molecule has 2 heterocycles. The summed E-state index contributed by atoms with van der Waals surface area (Å²) in [5, 5.41) is 0. The van der Waals surface area contributed by atoms with Crippen molar-refractivity contribution in [2.75, 3.05) is 40.5 Å². The van der Waals surface area contributed by atoms with Gasteiger partial charge in [-0.05, 0) is 68.0 Å². The number of aryl methyl sites for hydroxylation is 2. The fraction of sp³-hybridized carbons (Fsp3) is 0.438. The molecule has 2 aromatic carbocycles. The van der Waals surface area contributed by atoms with Gasteiger partial charge in [0.15, 0.2) is 11.5 Å². The van der Waals surface area contributed by atoms with Crippen LogP contribution in [-0.4, -0.2) is 68.2 Å². The Bertz CT molecular complexity index is 1240. The third-order valence-electron chi connectivity index (χ3n) is 7.21. The SMILES string of the molecule is COc1ccc(CCN(Cc2ccc(C)o2)C(=O)CN(C[C@@H]2CCCO2)C(=O)CCc2ccccc2)cc1OC. The number of hydrogen-bond donors (Lipinski definition) is 0. The molecule has 0 saturated carbocycles. The summed E-state index contributed by atoms with van der Waals surface area (Å²) in [7, 11) is 3.21. The van der Waals surface area contributed by atoms with E-state index in [-0.39, 0.29) is 24.5 Å². The topological polar surface area (TPSA) is 81.5 Å². The highest BCUT2D eigenvalue weighted by Crippen LogP contribution is 2.28. The van der Waals surface area contributed by atoms with Crippen LogP contribution in [0.25, 0.3) is 0 Å². The summed E-state index contributed by atoms with van der Waals surface area (Å²) in [4.78, 5) is 30.6. The fourth-order valence-electron chi connectivity index (χ4n) is 4.96. The van der Waals surface area contributed by atoms with E-state index >= 15 is 0 Å². The number of rotatable bonds is 14. The number of nitrogens with zero attached hydrogens (tertiary/aromatic N) is 2. The molecule has 214 valence electrons. The standard InChI is InChI=1S/C32H40N2O6/c1-24-11-14-28(40-24)22-33(18-17-26-12-15-29(37-2)30(20-26)38-3)32(36)23-34(21-27-10-7-19-39-27)31(35)16-13-25-8-5-4-6-9-25/h4-6,8-9,11-12,14-15,20,27H,7,10,13,16-19,21-23H2,1-3H3/t27-/m0/s1. The van der Waals surface area contributed by atoms with E-state index in [0.29, 0.717) is 62.8 Å². The van der Waals surface area contributed by atoms with Gasteiger partial charge < -0.3 is 28.4 Å². The third-order valence-corrected chi connectivity index (χ3v) is 7.21. The number of amides is 2. The van der Waals surface area contributed by atoms with Crippen molar-refractivity contribution in [3.63, 3.8) is 0 Å². The largest absolute Gasteiger partial charge is 0.493 e. The molecule has 4 rings (SSSR count). The van der Waals surface area contributed by atoms with Crippen LogP contribution < -0.4 is 9.47 Å². The van der Waals surface area contributed by atoms with Crippen LogP contribution in [0.5, 0.6) is 11.5 Å². The average molecular weight is 549 g/mol. The third kappa shape index (κ3) is 8.36. The van der Waals surface area contributed by atoms with Gasteiger partial charge in [0.05, 0.1) is 33.4 Å². The molecule has 40 heavy (non-hydrogen) atoms. The predicted octanol–water partition coefficient (Wildman–Crippen LogP) is 4.82. The predicted molar refractivity (Wildman–Crippen MR) is 152 cm³/mol. The number of hydrogen-bond acceptors (Lipinski definition) is 6. The van der Waals surface area contributed by atoms with Gasteiger partial charge >= 0.3 is 0 Å². The second-order valence-corrected chi connectivity index (χ2v) is 10.2. The van der Waals surface area contributed by atoms with Crippen molar-refractivity contribution in [3.05, 3.63) is 83.3 Å². The first-order valence-electron chi connectivity index (χ1n) is 13.9. The van der Waals surface area contributed by atoms with Gasteiger partial charge in [-0.15, -0.1) is 0 Å². The molecular formula is C32H40N2O6. The summed E-state index contributed by atoms with van der Waals surface area (Å²) >= 11 is 0. The van der Waals surface area contributed by atoms with Gasteiger partial charge in [-0.1, -0.05) is 36.4 Å². The molecule has 1 saturated heterocycles. The number of carbonyl (C=O) groups excluding carboxylic acids is 2. The maximum Gasteiger partial charge on any atom is 0.242 e. The highest BCUT2D eigenvalue weighted by molar-refractivity contribution is 5.85. The molecule has 0 N–H and O–H groups in total. The Morgan fingerprint density at radius 1 is 0.900 bits per heavy atom. The molecule has 0 unspecified atom stereocenters. The van der Waals surface area contributed by atoms with E-state index in [1.807, 2.05) is 67.6 Å². The zero-order chi connectivity index (χ0) is 28.3. The van der Waals surface area contributed by atoms with E-state index in [0.717, 1.165) is 29.7 Å². The van der Waals surface area contributed by atoms with Crippen LogP contribution in [0.4, 0.5) is 0 Å². The first kappa shape index (κ1) is 29.2. The van der Waals surface area contributed by atoms with Crippen molar-refractivity contribution in [2.24, 2.45) is 0 Å². The van der Waals surface area contributed by atoms with Crippen molar-refractivity contribution >= 4 is 11.8 Å². The Hall–Kier alpha value is -3.78. The van der Waals surface area contributed by atoms with Gasteiger partial charge in [-0.3, -0.25) is 9.59 Å². The molecule has 1 fully saturated rings. The van der Waals surface area contributed by atoms with Crippen LogP contribution in [0, 0.1) is 6.92 Å². The minimum Gasteiger partial charge on any atom is -0.493 e. The van der Waals surface area contributed by atoms with E-state index < -0.39 is 0 Å². The Labute approximate surface area is 236 Å². The minimum atomic E-state index is -0.124. The lowest BCUT2D eigenvalue weighted by Crippen LogP contribution is -2.46. The normalized spacial score (nSPS) is 14.6. The van der Waals surface area contributed by atoms with Crippen LogP contribution >= 0.6 is 0 Å². The maximum atomic E-state index is 13.8. The first-order chi connectivity index (χ1) is 19.4. The lowest BCUT2D eigenvalue weighted by atomic mass is 10.1. The molecule has 1 aromatic heterocycles. The first-order valence-corrected chi connectivity index (χ1v) is 13.9. The molecule has 0 spiro atoms. The lowest BCUT2D eigenvalue weighted by Gasteiger charge is -2.29. The van der Waals surface area contributed by atoms with Gasteiger partial charge in [0.2, 0.25) is 11.8 Å². The smallest absolute Gasteiger partial charge is 0.242 e. The molecule has 0 aliphatic carbocycles. The second kappa shape index (κ2) is 14.6. The quantitative estimate of drug-likeness (QED) is 0.287. The molecular weight excluding hydrogens is 508 g/mol. The minimum absolute atomic E-state index is 0.000886. The van der Waals surface area contributed by atoms with Gasteiger partial charge in [0.1, 0.15) is 11.5 Å². The molecule has 3 aromatic rings. The summed E-state index contributed by atoms with van der Waals surface area (Å²) < 4.78 is 22.4. The van der Waals surface area contributed by atoms with Crippen LogP contribution in [-0.2, 0) is 33.7 Å². The van der Waals surface area contributed by atoms with Crippen LogP contribution in [0.2, 0.25) is 0 Å². The molecule has 8 heteroatoms. The van der Waals surface area contributed by atoms with Crippen molar-refractivity contribution in [1.82, 2.24) is 9.80 Å². The van der Waals surface area contributed by atoms with Gasteiger partial charge in [-0.2, -0.15) is 0 Å². The van der Waals surface area contributed by atoms with E-state index in [1.54, 1.807) is 24.0 Å². The van der Waals surface area contributed by atoms with Crippen LogP contribution in [0.15, 0.2) is 65.1 Å². The van der Waals surface area contributed by atoms with E-state index in [4.69, 9.17) is 18.6 Å². The number of ether oxygens (including phenoxy) is 3. The maximum absolute atomic E-state index is 13.8. The van der Waals surface area contributed by atoms with Crippen LogP contribution in [0.1, 0.15) is 41.9 Å².